The first-order valence-corrected chi connectivity index (χ1v) is 7.85. The molecule has 2 atom stereocenters. The van der Waals surface area contributed by atoms with E-state index in [1.165, 1.54) is 6.92 Å². The van der Waals surface area contributed by atoms with Crippen LogP contribution in [0.4, 0.5) is 0 Å². The van der Waals surface area contributed by atoms with Crippen LogP contribution < -0.4 is 4.74 Å². The fourth-order valence-electron chi connectivity index (χ4n) is 2.45. The van der Waals surface area contributed by atoms with Crippen molar-refractivity contribution < 1.29 is 14.3 Å². The molecule has 1 aromatic heterocycles. The Kier molecular flexibility index (Phi) is 5.60. The normalized spacial score (nSPS) is 12.8. The van der Waals surface area contributed by atoms with E-state index in [1.807, 2.05) is 6.07 Å². The Morgan fingerprint density at radius 2 is 1.92 bits per heavy atom. The quantitative estimate of drug-likeness (QED) is 0.752. The number of rotatable bonds is 6. The highest BCUT2D eigenvalue weighted by atomic mass is 16.5. The highest BCUT2D eigenvalue weighted by Crippen LogP contribution is 2.21. The van der Waals surface area contributed by atoms with Crippen LogP contribution in [-0.4, -0.2) is 27.6 Å². The van der Waals surface area contributed by atoms with E-state index < -0.39 is 17.8 Å². The van der Waals surface area contributed by atoms with Gasteiger partial charge in [0.2, 0.25) is 0 Å². The molecule has 0 fully saturated rings. The topological polar surface area (TPSA) is 92.9 Å². The predicted molar refractivity (Wildman–Crippen MR) is 91.4 cm³/mol. The maximum atomic E-state index is 12.6. The number of aromatic nitrogens is 2. The minimum atomic E-state index is -1.04. The van der Waals surface area contributed by atoms with E-state index in [0.717, 1.165) is 0 Å². The molecule has 25 heavy (non-hydrogen) atoms. The molecule has 1 heterocycles. The molecule has 0 N–H and O–H groups in total. The SMILES string of the molecule is CC(=O)c1cccc(O[C@@H](C)C(=O)[C@@H](C#N)c2cc(C)nc(C)n2)c1. The van der Waals surface area contributed by atoms with Gasteiger partial charge in [0.25, 0.3) is 0 Å². The van der Waals surface area contributed by atoms with Gasteiger partial charge < -0.3 is 4.74 Å². The number of carbonyl (C=O) groups is 2. The van der Waals surface area contributed by atoms with E-state index in [-0.39, 0.29) is 5.78 Å². The molecular weight excluding hydrogens is 318 g/mol. The Bertz CT molecular complexity index is 835. The van der Waals surface area contributed by atoms with Crippen molar-refractivity contribution in [3.8, 4) is 11.8 Å². The van der Waals surface area contributed by atoms with Crippen LogP contribution >= 0.6 is 0 Å². The lowest BCUT2D eigenvalue weighted by Crippen LogP contribution is -2.29. The molecule has 128 valence electrons. The Morgan fingerprint density at radius 1 is 1.20 bits per heavy atom. The largest absolute Gasteiger partial charge is 0.483 e. The van der Waals surface area contributed by atoms with E-state index >= 15 is 0 Å². The van der Waals surface area contributed by atoms with Crippen molar-refractivity contribution in [1.82, 2.24) is 9.97 Å². The molecule has 6 heteroatoms. The van der Waals surface area contributed by atoms with E-state index in [9.17, 15) is 14.9 Å². The van der Waals surface area contributed by atoms with Crippen LogP contribution in [0.5, 0.6) is 5.75 Å². The lowest BCUT2D eigenvalue weighted by molar-refractivity contribution is -0.125. The molecule has 2 aromatic rings. The minimum Gasteiger partial charge on any atom is -0.483 e. The number of nitrogens with zero attached hydrogens (tertiary/aromatic N) is 3. The van der Waals surface area contributed by atoms with Crippen molar-refractivity contribution in [2.24, 2.45) is 0 Å². The molecule has 0 aliphatic heterocycles. The number of carbonyl (C=O) groups excluding carboxylic acids is 2. The van der Waals surface area contributed by atoms with Gasteiger partial charge in [0.1, 0.15) is 11.6 Å². The second-order valence-corrected chi connectivity index (χ2v) is 5.79. The van der Waals surface area contributed by atoms with Gasteiger partial charge in [-0.25, -0.2) is 9.97 Å². The zero-order chi connectivity index (χ0) is 18.6. The maximum absolute atomic E-state index is 12.6. The lowest BCUT2D eigenvalue weighted by atomic mass is 9.97. The van der Waals surface area contributed by atoms with Gasteiger partial charge in [-0.2, -0.15) is 5.26 Å². The average molecular weight is 337 g/mol. The molecule has 1 aromatic carbocycles. The first kappa shape index (κ1) is 18.3. The number of ketones is 2. The lowest BCUT2D eigenvalue weighted by Gasteiger charge is -2.17. The first-order chi connectivity index (χ1) is 11.8. The molecule has 0 amide bonds. The van der Waals surface area contributed by atoms with Crippen LogP contribution in [0, 0.1) is 25.2 Å². The highest BCUT2D eigenvalue weighted by molar-refractivity contribution is 5.94. The summed E-state index contributed by atoms with van der Waals surface area (Å²) >= 11 is 0. The molecular formula is C19H19N3O3. The summed E-state index contributed by atoms with van der Waals surface area (Å²) in [5, 5.41) is 9.43. The Hall–Kier alpha value is -3.07. The summed E-state index contributed by atoms with van der Waals surface area (Å²) < 4.78 is 5.64. The molecule has 2 rings (SSSR count). The maximum Gasteiger partial charge on any atom is 0.196 e. The van der Waals surface area contributed by atoms with Crippen molar-refractivity contribution in [1.29, 1.82) is 5.26 Å². The molecule has 0 aliphatic carbocycles. The summed E-state index contributed by atoms with van der Waals surface area (Å²) in [5.74, 6) is -0.614. The number of benzene rings is 1. The van der Waals surface area contributed by atoms with Gasteiger partial charge in [-0.1, -0.05) is 12.1 Å². The fraction of sp³-hybridized carbons (Fsp3) is 0.316. The molecule has 0 radical (unpaired) electrons. The van der Waals surface area contributed by atoms with Crippen LogP contribution in [0.15, 0.2) is 30.3 Å². The molecule has 0 unspecified atom stereocenters. The molecule has 0 bridgehead atoms. The minimum absolute atomic E-state index is 0.0914. The highest BCUT2D eigenvalue weighted by Gasteiger charge is 2.28. The molecule has 6 nitrogen and oxygen atoms in total. The zero-order valence-corrected chi connectivity index (χ0v) is 14.6. The van der Waals surface area contributed by atoms with Gasteiger partial charge in [0, 0.05) is 11.3 Å². The summed E-state index contributed by atoms with van der Waals surface area (Å²) in [5.41, 5.74) is 1.56. The van der Waals surface area contributed by atoms with E-state index in [0.29, 0.717) is 28.5 Å². The summed E-state index contributed by atoms with van der Waals surface area (Å²) in [6.07, 6.45) is -0.859. The number of nitriles is 1. The van der Waals surface area contributed by atoms with E-state index in [2.05, 4.69) is 9.97 Å². The van der Waals surface area contributed by atoms with Crippen LogP contribution in [0.25, 0.3) is 0 Å². The van der Waals surface area contributed by atoms with Gasteiger partial charge in [-0.15, -0.1) is 0 Å². The van der Waals surface area contributed by atoms with Gasteiger partial charge in [-0.3, -0.25) is 9.59 Å². The standard InChI is InChI=1S/C19H19N3O3/c1-11-8-18(22-14(4)21-11)17(10-20)19(24)13(3)25-16-7-5-6-15(9-16)12(2)23/h5-9,13,17H,1-4H3/t13-,17-/m0/s1. The molecule has 0 aliphatic rings. The van der Waals surface area contributed by atoms with Gasteiger partial charge in [0.15, 0.2) is 23.6 Å². The summed E-state index contributed by atoms with van der Waals surface area (Å²) in [4.78, 5) is 32.4. The van der Waals surface area contributed by atoms with Crippen molar-refractivity contribution in [2.45, 2.75) is 39.7 Å². The zero-order valence-electron chi connectivity index (χ0n) is 14.6. The summed E-state index contributed by atoms with van der Waals surface area (Å²) in [7, 11) is 0. The Morgan fingerprint density at radius 3 is 2.52 bits per heavy atom. The van der Waals surface area contributed by atoms with E-state index in [4.69, 9.17) is 4.74 Å². The van der Waals surface area contributed by atoms with Crippen LogP contribution in [0.3, 0.4) is 0 Å². The molecule has 0 saturated carbocycles. The van der Waals surface area contributed by atoms with E-state index in [1.54, 1.807) is 51.1 Å². The number of ether oxygens (including phenoxy) is 1. The summed E-state index contributed by atoms with van der Waals surface area (Å²) in [6.45, 7) is 6.53. The van der Waals surface area contributed by atoms with Crippen molar-refractivity contribution >= 4 is 11.6 Å². The molecule has 0 spiro atoms. The summed E-state index contributed by atoms with van der Waals surface area (Å²) in [6, 6.07) is 10.2. The monoisotopic (exact) mass is 337 g/mol. The molecule has 0 saturated heterocycles. The van der Waals surface area contributed by atoms with Crippen molar-refractivity contribution in [3.05, 3.63) is 53.1 Å². The first-order valence-electron chi connectivity index (χ1n) is 7.85. The number of hydrogen-bond donors (Lipinski definition) is 0. The van der Waals surface area contributed by atoms with Gasteiger partial charge in [0.05, 0.1) is 11.8 Å². The van der Waals surface area contributed by atoms with Crippen molar-refractivity contribution in [3.63, 3.8) is 0 Å². The van der Waals surface area contributed by atoms with Gasteiger partial charge >= 0.3 is 0 Å². The number of hydrogen-bond acceptors (Lipinski definition) is 6. The third-order valence-corrected chi connectivity index (χ3v) is 3.65. The smallest absolute Gasteiger partial charge is 0.196 e. The third-order valence-electron chi connectivity index (χ3n) is 3.65. The van der Waals surface area contributed by atoms with Crippen molar-refractivity contribution in [2.75, 3.05) is 0 Å². The van der Waals surface area contributed by atoms with Crippen LogP contribution in [0.1, 0.15) is 47.3 Å². The fourth-order valence-corrected chi connectivity index (χ4v) is 2.45. The van der Waals surface area contributed by atoms with Crippen LogP contribution in [0.2, 0.25) is 0 Å². The number of aryl methyl sites for hydroxylation is 2. The second kappa shape index (κ2) is 7.67. The number of Topliss-reactive ketones (excluding diaryl/α,β-unsaturated/α-hetero) is 2. The third kappa shape index (κ3) is 4.48. The Labute approximate surface area is 146 Å². The van der Waals surface area contributed by atoms with Crippen LogP contribution in [-0.2, 0) is 4.79 Å². The average Bonchev–Trinajstić information content (AvgIpc) is 2.54. The Balaban J connectivity index is 2.21. The second-order valence-electron chi connectivity index (χ2n) is 5.79. The predicted octanol–water partition coefficient (Wildman–Crippen LogP) is 2.94. The van der Waals surface area contributed by atoms with Gasteiger partial charge in [-0.05, 0) is 45.9 Å².